The fourth-order valence-electron chi connectivity index (χ4n) is 4.67. The van der Waals surface area contributed by atoms with E-state index in [9.17, 15) is 4.79 Å². The maximum Gasteiger partial charge on any atom is 0.257 e. The van der Waals surface area contributed by atoms with Gasteiger partial charge in [-0.2, -0.15) is 0 Å². The van der Waals surface area contributed by atoms with E-state index in [1.807, 2.05) is 29.2 Å². The maximum atomic E-state index is 13.1. The Morgan fingerprint density at radius 1 is 1.19 bits per heavy atom. The molecule has 0 saturated carbocycles. The quantitative estimate of drug-likeness (QED) is 0.901. The van der Waals surface area contributed by atoms with Crippen molar-refractivity contribution in [3.8, 4) is 5.75 Å². The second-order valence-corrected chi connectivity index (χ2v) is 7.44. The number of carbonyl (C=O) groups excluding carboxylic acids is 1. The fourth-order valence-corrected chi connectivity index (χ4v) is 4.67. The summed E-state index contributed by atoms with van der Waals surface area (Å²) in [5.74, 6) is 2.53. The SMILES string of the molecule is CNc1ncccc1C(=O)N1C[C@@H]2CN(C)[C@@H](c3ccc(OC)cc3)[C@@H]2C1. The number of benzene rings is 1. The zero-order chi connectivity index (χ0) is 19.0. The van der Waals surface area contributed by atoms with Gasteiger partial charge >= 0.3 is 0 Å². The Labute approximate surface area is 160 Å². The molecule has 1 aromatic carbocycles. The van der Waals surface area contributed by atoms with Gasteiger partial charge < -0.3 is 15.0 Å². The van der Waals surface area contributed by atoms with Gasteiger partial charge in [0.1, 0.15) is 11.6 Å². The third-order valence-corrected chi connectivity index (χ3v) is 5.91. The lowest BCUT2D eigenvalue weighted by Gasteiger charge is -2.27. The molecule has 142 valence electrons. The van der Waals surface area contributed by atoms with Gasteiger partial charge in [0.05, 0.1) is 12.7 Å². The van der Waals surface area contributed by atoms with Gasteiger partial charge in [-0.15, -0.1) is 0 Å². The topological polar surface area (TPSA) is 57.7 Å². The van der Waals surface area contributed by atoms with Crippen LogP contribution in [-0.2, 0) is 0 Å². The molecule has 3 heterocycles. The van der Waals surface area contributed by atoms with E-state index in [1.165, 1.54) is 5.56 Å². The smallest absolute Gasteiger partial charge is 0.257 e. The van der Waals surface area contributed by atoms with Crippen LogP contribution in [0.25, 0.3) is 0 Å². The maximum absolute atomic E-state index is 13.1. The van der Waals surface area contributed by atoms with Gasteiger partial charge in [-0.1, -0.05) is 12.1 Å². The first-order valence-electron chi connectivity index (χ1n) is 9.38. The summed E-state index contributed by atoms with van der Waals surface area (Å²) in [4.78, 5) is 21.8. The zero-order valence-electron chi connectivity index (χ0n) is 16.1. The first kappa shape index (κ1) is 17.8. The first-order valence-corrected chi connectivity index (χ1v) is 9.38. The Bertz CT molecular complexity index is 823. The highest BCUT2D eigenvalue weighted by atomic mass is 16.5. The second kappa shape index (κ2) is 7.19. The van der Waals surface area contributed by atoms with Crippen LogP contribution in [-0.4, -0.2) is 61.5 Å². The molecule has 2 aliphatic heterocycles. The molecule has 2 aromatic rings. The van der Waals surface area contributed by atoms with Crippen molar-refractivity contribution in [2.45, 2.75) is 6.04 Å². The van der Waals surface area contributed by atoms with Crippen molar-refractivity contribution in [1.29, 1.82) is 0 Å². The summed E-state index contributed by atoms with van der Waals surface area (Å²) in [6.07, 6.45) is 1.70. The van der Waals surface area contributed by atoms with E-state index >= 15 is 0 Å². The lowest BCUT2D eigenvalue weighted by atomic mass is 9.89. The molecule has 0 unspecified atom stereocenters. The molecule has 0 radical (unpaired) electrons. The second-order valence-electron chi connectivity index (χ2n) is 7.44. The highest BCUT2D eigenvalue weighted by Crippen LogP contribution is 2.44. The number of likely N-dealkylation sites (tertiary alicyclic amines) is 2. The van der Waals surface area contributed by atoms with Crippen molar-refractivity contribution < 1.29 is 9.53 Å². The Hall–Kier alpha value is -2.60. The summed E-state index contributed by atoms with van der Waals surface area (Å²) in [5, 5.41) is 3.02. The minimum Gasteiger partial charge on any atom is -0.497 e. The van der Waals surface area contributed by atoms with Crippen molar-refractivity contribution in [2.75, 3.05) is 46.2 Å². The molecular weight excluding hydrogens is 340 g/mol. The standard InChI is InChI=1S/C21H26N4O2/c1-22-20-17(5-4-10-23-20)21(26)25-12-15-11-24(2)19(18(15)13-25)14-6-8-16(27-3)9-7-14/h4-10,15,18-19H,11-13H2,1-3H3,(H,22,23)/t15-,18+,19-/m0/s1. The third kappa shape index (κ3) is 3.14. The van der Waals surface area contributed by atoms with Crippen molar-refractivity contribution in [2.24, 2.45) is 11.8 Å². The van der Waals surface area contributed by atoms with Crippen LogP contribution in [0, 0.1) is 11.8 Å². The molecular formula is C21H26N4O2. The molecule has 3 atom stereocenters. The highest BCUT2D eigenvalue weighted by Gasteiger charge is 2.47. The predicted molar refractivity (Wildman–Crippen MR) is 105 cm³/mol. The molecule has 1 amide bonds. The van der Waals surface area contributed by atoms with Gasteiger partial charge in [-0.3, -0.25) is 9.69 Å². The average molecular weight is 366 g/mol. The number of methoxy groups -OCH3 is 1. The molecule has 2 saturated heterocycles. The van der Waals surface area contributed by atoms with Crippen molar-refractivity contribution in [3.05, 3.63) is 53.7 Å². The third-order valence-electron chi connectivity index (χ3n) is 5.91. The number of anilines is 1. The number of nitrogens with one attached hydrogen (secondary N) is 1. The lowest BCUT2D eigenvalue weighted by Crippen LogP contribution is -2.33. The Morgan fingerprint density at radius 2 is 1.96 bits per heavy atom. The van der Waals surface area contributed by atoms with Crippen molar-refractivity contribution >= 4 is 11.7 Å². The molecule has 6 nitrogen and oxygen atoms in total. The summed E-state index contributed by atoms with van der Waals surface area (Å²) >= 11 is 0. The number of aromatic nitrogens is 1. The number of ether oxygens (including phenoxy) is 1. The van der Waals surface area contributed by atoms with E-state index in [-0.39, 0.29) is 5.91 Å². The largest absolute Gasteiger partial charge is 0.497 e. The number of carbonyl (C=O) groups is 1. The van der Waals surface area contributed by atoms with E-state index in [0.717, 1.165) is 25.4 Å². The van der Waals surface area contributed by atoms with Gasteiger partial charge in [0.2, 0.25) is 0 Å². The number of hydrogen-bond donors (Lipinski definition) is 1. The molecule has 6 heteroatoms. The molecule has 1 N–H and O–H groups in total. The predicted octanol–water partition coefficient (Wildman–Crippen LogP) is 2.51. The zero-order valence-corrected chi connectivity index (χ0v) is 16.1. The van der Waals surface area contributed by atoms with E-state index in [2.05, 4.69) is 34.4 Å². The molecule has 2 aliphatic rings. The highest BCUT2D eigenvalue weighted by molar-refractivity contribution is 5.98. The number of fused-ring (bicyclic) bond motifs is 1. The number of hydrogen-bond acceptors (Lipinski definition) is 5. The Morgan fingerprint density at radius 3 is 2.67 bits per heavy atom. The van der Waals surface area contributed by atoms with Gasteiger partial charge in [0.25, 0.3) is 5.91 Å². The van der Waals surface area contributed by atoms with Gasteiger partial charge in [0.15, 0.2) is 0 Å². The van der Waals surface area contributed by atoms with Crippen LogP contribution in [0.5, 0.6) is 5.75 Å². The molecule has 27 heavy (non-hydrogen) atoms. The van der Waals surface area contributed by atoms with Crippen LogP contribution in [0.2, 0.25) is 0 Å². The Kier molecular flexibility index (Phi) is 4.74. The molecule has 2 fully saturated rings. The fraction of sp³-hybridized carbons (Fsp3) is 0.429. The monoisotopic (exact) mass is 366 g/mol. The van der Waals surface area contributed by atoms with Crippen LogP contribution >= 0.6 is 0 Å². The molecule has 4 rings (SSSR count). The first-order chi connectivity index (χ1) is 13.1. The van der Waals surface area contributed by atoms with Crippen molar-refractivity contribution in [1.82, 2.24) is 14.8 Å². The van der Waals surface area contributed by atoms with Crippen LogP contribution < -0.4 is 10.1 Å². The van der Waals surface area contributed by atoms with E-state index in [4.69, 9.17) is 4.74 Å². The molecule has 0 bridgehead atoms. The minimum atomic E-state index is 0.0676. The van der Waals surface area contributed by atoms with E-state index < -0.39 is 0 Å². The Balaban J connectivity index is 1.54. The molecule has 0 spiro atoms. The van der Waals surface area contributed by atoms with E-state index in [1.54, 1.807) is 20.4 Å². The van der Waals surface area contributed by atoms with Crippen LogP contribution in [0.15, 0.2) is 42.6 Å². The van der Waals surface area contributed by atoms with Crippen molar-refractivity contribution in [3.63, 3.8) is 0 Å². The minimum absolute atomic E-state index is 0.0676. The summed E-state index contributed by atoms with van der Waals surface area (Å²) < 4.78 is 5.29. The van der Waals surface area contributed by atoms with Crippen LogP contribution in [0.4, 0.5) is 5.82 Å². The summed E-state index contributed by atoms with van der Waals surface area (Å²) in [6.45, 7) is 2.60. The number of nitrogens with zero attached hydrogens (tertiary/aromatic N) is 3. The van der Waals surface area contributed by atoms with Gasteiger partial charge in [-0.25, -0.2) is 4.98 Å². The molecule has 0 aliphatic carbocycles. The number of pyridine rings is 1. The summed E-state index contributed by atoms with van der Waals surface area (Å²) in [7, 11) is 5.66. The average Bonchev–Trinajstić information content (AvgIpc) is 3.24. The van der Waals surface area contributed by atoms with Crippen LogP contribution in [0.3, 0.4) is 0 Å². The normalized spacial score (nSPS) is 24.7. The summed E-state index contributed by atoms with van der Waals surface area (Å²) in [5.41, 5.74) is 1.94. The summed E-state index contributed by atoms with van der Waals surface area (Å²) in [6, 6.07) is 12.3. The number of rotatable bonds is 4. The van der Waals surface area contributed by atoms with Gasteiger partial charge in [-0.05, 0) is 42.8 Å². The van der Waals surface area contributed by atoms with Crippen LogP contribution in [0.1, 0.15) is 22.0 Å². The lowest BCUT2D eigenvalue weighted by molar-refractivity contribution is 0.0768. The van der Waals surface area contributed by atoms with E-state index in [0.29, 0.717) is 29.3 Å². The molecule has 1 aromatic heterocycles. The number of amides is 1. The van der Waals surface area contributed by atoms with Gasteiger partial charge in [0, 0.05) is 44.8 Å².